The lowest BCUT2D eigenvalue weighted by Crippen LogP contribution is -2.37. The molecular weight excluding hydrogens is 342 g/mol. The molecule has 0 aliphatic rings. The maximum absolute atomic E-state index is 5.93. The zero-order chi connectivity index (χ0) is 19.6. The first-order chi connectivity index (χ1) is 13.0. The van der Waals surface area contributed by atoms with Crippen LogP contribution in [0.5, 0.6) is 5.75 Å². The molecule has 1 aromatic heterocycles. The van der Waals surface area contributed by atoms with Gasteiger partial charge in [-0.25, -0.2) is 4.99 Å². The molecule has 0 aliphatic heterocycles. The fraction of sp³-hybridized carbons (Fsp3) is 0.550. The molecule has 1 heterocycles. The summed E-state index contributed by atoms with van der Waals surface area (Å²) >= 11 is 0. The highest BCUT2D eigenvalue weighted by Crippen LogP contribution is 2.22. The second-order valence-electron chi connectivity index (χ2n) is 6.74. The number of benzene rings is 1. The van der Waals surface area contributed by atoms with Crippen LogP contribution < -0.4 is 15.4 Å². The molecule has 0 fully saturated rings. The summed E-state index contributed by atoms with van der Waals surface area (Å²) in [6, 6.07) is 6.24. The lowest BCUT2D eigenvalue weighted by atomic mass is 10.1. The van der Waals surface area contributed by atoms with Crippen molar-refractivity contribution in [2.45, 2.75) is 60.1 Å². The molecule has 2 N–H and O–H groups in total. The minimum absolute atomic E-state index is 0.134. The first kappa shape index (κ1) is 20.7. The third kappa shape index (κ3) is 7.29. The van der Waals surface area contributed by atoms with E-state index in [1.54, 1.807) is 0 Å². The van der Waals surface area contributed by atoms with Gasteiger partial charge < -0.3 is 19.9 Å². The molecule has 0 saturated carbocycles. The van der Waals surface area contributed by atoms with Crippen LogP contribution in [0.1, 0.15) is 50.0 Å². The van der Waals surface area contributed by atoms with Gasteiger partial charge in [-0.1, -0.05) is 17.3 Å². The van der Waals surface area contributed by atoms with E-state index >= 15 is 0 Å². The Morgan fingerprint density at radius 1 is 1.26 bits per heavy atom. The SMILES string of the molecule is CCNC(=NCc1ccc(C)cc1OC(C)C)NCCCc1nc(C)no1. The Hall–Kier alpha value is -2.57. The normalized spacial score (nSPS) is 11.7. The first-order valence-electron chi connectivity index (χ1n) is 9.55. The van der Waals surface area contributed by atoms with Gasteiger partial charge in [0.15, 0.2) is 11.8 Å². The minimum atomic E-state index is 0.134. The van der Waals surface area contributed by atoms with Gasteiger partial charge in [0.2, 0.25) is 5.89 Å². The van der Waals surface area contributed by atoms with E-state index in [4.69, 9.17) is 14.3 Å². The van der Waals surface area contributed by atoms with Crippen molar-refractivity contribution in [3.63, 3.8) is 0 Å². The Morgan fingerprint density at radius 3 is 2.74 bits per heavy atom. The smallest absolute Gasteiger partial charge is 0.226 e. The van der Waals surface area contributed by atoms with Crippen LogP contribution >= 0.6 is 0 Å². The lowest BCUT2D eigenvalue weighted by molar-refractivity contribution is 0.240. The molecule has 2 aromatic rings. The number of nitrogens with zero attached hydrogens (tertiary/aromatic N) is 3. The van der Waals surface area contributed by atoms with Crippen LogP contribution in [0, 0.1) is 13.8 Å². The predicted molar refractivity (Wildman–Crippen MR) is 107 cm³/mol. The van der Waals surface area contributed by atoms with E-state index in [0.717, 1.165) is 43.2 Å². The van der Waals surface area contributed by atoms with Gasteiger partial charge in [0, 0.05) is 25.1 Å². The average molecular weight is 374 g/mol. The average Bonchev–Trinajstić information content (AvgIpc) is 3.02. The van der Waals surface area contributed by atoms with Crippen molar-refractivity contribution in [3.05, 3.63) is 41.0 Å². The van der Waals surface area contributed by atoms with Crippen LogP contribution in [0.2, 0.25) is 0 Å². The Balaban J connectivity index is 1.92. The fourth-order valence-corrected chi connectivity index (χ4v) is 2.55. The van der Waals surface area contributed by atoms with Gasteiger partial charge in [0.05, 0.1) is 12.6 Å². The summed E-state index contributed by atoms with van der Waals surface area (Å²) in [4.78, 5) is 8.91. The van der Waals surface area contributed by atoms with Gasteiger partial charge in [0.25, 0.3) is 0 Å². The predicted octanol–water partition coefficient (Wildman–Crippen LogP) is 3.16. The summed E-state index contributed by atoms with van der Waals surface area (Å²) in [5.41, 5.74) is 2.26. The number of hydrogen-bond donors (Lipinski definition) is 2. The third-order valence-electron chi connectivity index (χ3n) is 3.77. The van der Waals surface area contributed by atoms with Crippen molar-refractivity contribution < 1.29 is 9.26 Å². The van der Waals surface area contributed by atoms with Crippen molar-refractivity contribution in [3.8, 4) is 5.75 Å². The summed E-state index contributed by atoms with van der Waals surface area (Å²) in [6.45, 7) is 12.1. The van der Waals surface area contributed by atoms with Crippen molar-refractivity contribution in [1.29, 1.82) is 0 Å². The van der Waals surface area contributed by atoms with Crippen molar-refractivity contribution >= 4 is 5.96 Å². The third-order valence-corrected chi connectivity index (χ3v) is 3.77. The van der Waals surface area contributed by atoms with E-state index in [0.29, 0.717) is 18.3 Å². The molecule has 148 valence electrons. The number of guanidine groups is 1. The van der Waals surface area contributed by atoms with Crippen LogP contribution in [0.3, 0.4) is 0 Å². The lowest BCUT2D eigenvalue weighted by Gasteiger charge is -2.15. The molecule has 27 heavy (non-hydrogen) atoms. The molecule has 1 aromatic carbocycles. The summed E-state index contributed by atoms with van der Waals surface area (Å²) < 4.78 is 11.1. The van der Waals surface area contributed by atoms with E-state index in [2.05, 4.69) is 52.8 Å². The highest BCUT2D eigenvalue weighted by atomic mass is 16.5. The molecule has 0 aliphatic carbocycles. The molecule has 0 saturated heterocycles. The molecule has 0 atom stereocenters. The molecule has 2 rings (SSSR count). The van der Waals surface area contributed by atoms with Gasteiger partial charge in [0.1, 0.15) is 5.75 Å². The molecular formula is C20H31N5O2. The number of aliphatic imine (C=N–C) groups is 1. The second kappa shape index (κ2) is 10.5. The minimum Gasteiger partial charge on any atom is -0.491 e. The van der Waals surface area contributed by atoms with Crippen LogP contribution in [-0.4, -0.2) is 35.3 Å². The zero-order valence-electron chi connectivity index (χ0n) is 17.0. The molecule has 0 bridgehead atoms. The maximum atomic E-state index is 5.93. The highest BCUT2D eigenvalue weighted by Gasteiger charge is 2.07. The highest BCUT2D eigenvalue weighted by molar-refractivity contribution is 5.79. The number of rotatable bonds is 9. The van der Waals surface area contributed by atoms with Gasteiger partial charge in [-0.3, -0.25) is 0 Å². The maximum Gasteiger partial charge on any atom is 0.226 e. The van der Waals surface area contributed by atoms with Crippen LogP contribution in [0.4, 0.5) is 0 Å². The van der Waals surface area contributed by atoms with Crippen LogP contribution in [0.15, 0.2) is 27.7 Å². The molecule has 0 unspecified atom stereocenters. The standard InChI is InChI=1S/C20H31N5O2/c1-6-21-20(22-11-7-8-19-24-16(5)25-27-19)23-13-17-10-9-15(4)12-18(17)26-14(2)3/h9-10,12,14H,6-8,11,13H2,1-5H3,(H2,21,22,23). The molecule has 0 radical (unpaired) electrons. The van der Waals surface area contributed by atoms with Crippen LogP contribution in [0.25, 0.3) is 0 Å². The van der Waals surface area contributed by atoms with Gasteiger partial charge in [-0.2, -0.15) is 4.98 Å². The fourth-order valence-electron chi connectivity index (χ4n) is 2.55. The van der Waals surface area contributed by atoms with Crippen molar-refractivity contribution in [2.24, 2.45) is 4.99 Å². The van der Waals surface area contributed by atoms with E-state index in [9.17, 15) is 0 Å². The van der Waals surface area contributed by atoms with E-state index in [1.165, 1.54) is 5.56 Å². The summed E-state index contributed by atoms with van der Waals surface area (Å²) in [6.07, 6.45) is 1.77. The second-order valence-corrected chi connectivity index (χ2v) is 6.74. The van der Waals surface area contributed by atoms with Crippen molar-refractivity contribution in [2.75, 3.05) is 13.1 Å². The summed E-state index contributed by atoms with van der Waals surface area (Å²) in [7, 11) is 0. The number of aryl methyl sites for hydroxylation is 3. The van der Waals surface area contributed by atoms with Gasteiger partial charge in [-0.15, -0.1) is 0 Å². The summed E-state index contributed by atoms with van der Waals surface area (Å²) in [5.74, 6) is 3.03. The first-order valence-corrected chi connectivity index (χ1v) is 9.55. The Labute approximate surface area is 161 Å². The van der Waals surface area contributed by atoms with Gasteiger partial charge in [-0.05, 0) is 52.7 Å². The van der Waals surface area contributed by atoms with E-state index < -0.39 is 0 Å². The largest absolute Gasteiger partial charge is 0.491 e. The Bertz CT molecular complexity index is 740. The number of nitrogens with one attached hydrogen (secondary N) is 2. The molecule has 0 spiro atoms. The molecule has 7 nitrogen and oxygen atoms in total. The number of ether oxygens (including phenoxy) is 1. The van der Waals surface area contributed by atoms with Crippen LogP contribution in [-0.2, 0) is 13.0 Å². The number of hydrogen-bond acceptors (Lipinski definition) is 5. The van der Waals surface area contributed by atoms with Gasteiger partial charge >= 0.3 is 0 Å². The van der Waals surface area contributed by atoms with Crippen molar-refractivity contribution in [1.82, 2.24) is 20.8 Å². The Kier molecular flexibility index (Phi) is 8.10. The topological polar surface area (TPSA) is 84.6 Å². The zero-order valence-corrected chi connectivity index (χ0v) is 17.0. The number of aromatic nitrogens is 2. The molecule has 0 amide bonds. The molecule has 7 heteroatoms. The van der Waals surface area contributed by atoms with E-state index in [-0.39, 0.29) is 6.10 Å². The quantitative estimate of drug-likeness (QED) is 0.399. The van der Waals surface area contributed by atoms with E-state index in [1.807, 2.05) is 20.8 Å². The summed E-state index contributed by atoms with van der Waals surface area (Å²) in [5, 5.41) is 10.4. The monoisotopic (exact) mass is 373 g/mol. The Morgan fingerprint density at radius 2 is 2.07 bits per heavy atom.